The lowest BCUT2D eigenvalue weighted by Crippen LogP contribution is -2.51. The summed E-state index contributed by atoms with van der Waals surface area (Å²) in [6, 6.07) is 18.7. The van der Waals surface area contributed by atoms with Crippen LogP contribution in [0, 0.1) is 6.92 Å². The number of carbonyl (C=O) groups excluding carboxylic acids is 2. The third-order valence-electron chi connectivity index (χ3n) is 6.02. The first kappa shape index (κ1) is 29.5. The van der Waals surface area contributed by atoms with Crippen molar-refractivity contribution in [2.24, 2.45) is 0 Å². The smallest absolute Gasteiger partial charge is 0.264 e. The molecule has 1 unspecified atom stereocenters. The van der Waals surface area contributed by atoms with Crippen molar-refractivity contribution < 1.29 is 18.0 Å². The van der Waals surface area contributed by atoms with Gasteiger partial charge >= 0.3 is 0 Å². The van der Waals surface area contributed by atoms with Crippen molar-refractivity contribution in [1.82, 2.24) is 10.2 Å². The molecule has 3 aromatic rings. The van der Waals surface area contributed by atoms with E-state index in [2.05, 4.69) is 5.32 Å². The van der Waals surface area contributed by atoms with Crippen molar-refractivity contribution in [3.63, 3.8) is 0 Å². The average molecular weight is 577 g/mol. The zero-order chi connectivity index (χ0) is 27.9. The van der Waals surface area contributed by atoms with E-state index in [4.69, 9.17) is 23.2 Å². The van der Waals surface area contributed by atoms with Crippen LogP contribution < -0.4 is 9.62 Å². The van der Waals surface area contributed by atoms with Gasteiger partial charge in [-0.3, -0.25) is 13.9 Å². The third-order valence-corrected chi connectivity index (χ3v) is 8.43. The van der Waals surface area contributed by atoms with Gasteiger partial charge in [0.05, 0.1) is 10.6 Å². The second-order valence-electron chi connectivity index (χ2n) is 8.88. The minimum absolute atomic E-state index is 0.0123. The van der Waals surface area contributed by atoms with Gasteiger partial charge in [-0.2, -0.15) is 0 Å². The van der Waals surface area contributed by atoms with E-state index in [1.807, 2.05) is 13.8 Å². The minimum Gasteiger partial charge on any atom is -0.354 e. The summed E-state index contributed by atoms with van der Waals surface area (Å²) in [6.45, 7) is 5.39. The van der Waals surface area contributed by atoms with Gasteiger partial charge in [0.1, 0.15) is 12.6 Å². The number of hydrogen-bond donors (Lipinski definition) is 1. The molecule has 38 heavy (non-hydrogen) atoms. The highest BCUT2D eigenvalue weighted by molar-refractivity contribution is 7.92. The second-order valence-corrected chi connectivity index (χ2v) is 11.6. The van der Waals surface area contributed by atoms with E-state index in [9.17, 15) is 18.0 Å². The first-order valence-electron chi connectivity index (χ1n) is 12.2. The SMILES string of the molecule is CCCNC(=O)C(C)N(Cc1ccccc1Cl)C(=O)CN(c1ccc(C)cc1)S(=O)(=O)c1ccc(Cl)cc1. The van der Waals surface area contributed by atoms with E-state index >= 15 is 0 Å². The molecule has 0 aliphatic carbocycles. The molecule has 202 valence electrons. The summed E-state index contributed by atoms with van der Waals surface area (Å²) in [5.41, 5.74) is 1.89. The van der Waals surface area contributed by atoms with Crippen molar-refractivity contribution in [2.45, 2.75) is 44.7 Å². The van der Waals surface area contributed by atoms with Crippen molar-refractivity contribution in [2.75, 3.05) is 17.4 Å². The third kappa shape index (κ3) is 7.28. The van der Waals surface area contributed by atoms with Gasteiger partial charge in [0.2, 0.25) is 11.8 Å². The molecule has 0 saturated heterocycles. The lowest BCUT2D eigenvalue weighted by Gasteiger charge is -2.32. The molecule has 0 fully saturated rings. The number of benzene rings is 3. The average Bonchev–Trinajstić information content (AvgIpc) is 2.90. The highest BCUT2D eigenvalue weighted by Crippen LogP contribution is 2.26. The molecule has 0 radical (unpaired) electrons. The predicted molar refractivity (Wildman–Crippen MR) is 152 cm³/mol. The maximum Gasteiger partial charge on any atom is 0.264 e. The Morgan fingerprint density at radius 1 is 0.947 bits per heavy atom. The van der Waals surface area contributed by atoms with E-state index in [1.54, 1.807) is 55.5 Å². The number of carbonyl (C=O) groups is 2. The van der Waals surface area contributed by atoms with Gasteiger partial charge in [-0.05, 0) is 68.3 Å². The molecule has 3 aromatic carbocycles. The highest BCUT2D eigenvalue weighted by Gasteiger charge is 2.32. The second kappa shape index (κ2) is 13.1. The van der Waals surface area contributed by atoms with Gasteiger partial charge < -0.3 is 10.2 Å². The standard InChI is InChI=1S/C28H31Cl2N3O4S/c1-4-17-31-28(35)21(3)32(18-22-7-5-6-8-26(22)30)27(34)19-33(24-13-9-20(2)10-14-24)38(36,37)25-15-11-23(29)12-16-25/h5-16,21H,4,17-19H2,1-3H3,(H,31,35). The van der Waals surface area contributed by atoms with Crippen molar-refractivity contribution >= 4 is 50.7 Å². The Kier molecular flexibility index (Phi) is 10.2. The van der Waals surface area contributed by atoms with Gasteiger partial charge in [0.15, 0.2) is 0 Å². The predicted octanol–water partition coefficient (Wildman–Crippen LogP) is 5.44. The quantitative estimate of drug-likeness (QED) is 0.330. The summed E-state index contributed by atoms with van der Waals surface area (Å²) in [5, 5.41) is 3.64. The van der Waals surface area contributed by atoms with Gasteiger partial charge in [0, 0.05) is 23.1 Å². The summed E-state index contributed by atoms with van der Waals surface area (Å²) < 4.78 is 28.6. The van der Waals surface area contributed by atoms with Crippen LogP contribution in [-0.4, -0.2) is 44.3 Å². The molecule has 1 N–H and O–H groups in total. The fraction of sp³-hybridized carbons (Fsp3) is 0.286. The van der Waals surface area contributed by atoms with Crippen molar-refractivity contribution in [3.8, 4) is 0 Å². The molecule has 1 atom stereocenters. The van der Waals surface area contributed by atoms with E-state index in [0.717, 1.165) is 16.3 Å². The summed E-state index contributed by atoms with van der Waals surface area (Å²) in [5.74, 6) is -0.892. The van der Waals surface area contributed by atoms with Crippen LogP contribution in [0.25, 0.3) is 0 Å². The molecule has 0 aromatic heterocycles. The molecule has 0 bridgehead atoms. The highest BCUT2D eigenvalue weighted by atomic mass is 35.5. The van der Waals surface area contributed by atoms with Crippen LogP contribution in [0.4, 0.5) is 5.69 Å². The molecule has 3 rings (SSSR count). The Morgan fingerprint density at radius 2 is 1.58 bits per heavy atom. The summed E-state index contributed by atoms with van der Waals surface area (Å²) in [6.07, 6.45) is 0.734. The number of aryl methyl sites for hydroxylation is 1. The lowest BCUT2D eigenvalue weighted by molar-refractivity contribution is -0.139. The van der Waals surface area contributed by atoms with E-state index in [1.165, 1.54) is 29.2 Å². The molecule has 7 nitrogen and oxygen atoms in total. The molecule has 0 spiro atoms. The fourth-order valence-electron chi connectivity index (χ4n) is 3.76. The first-order valence-corrected chi connectivity index (χ1v) is 14.4. The molecular formula is C28H31Cl2N3O4S. The maximum absolute atomic E-state index is 13.8. The van der Waals surface area contributed by atoms with Crippen molar-refractivity contribution in [3.05, 3.63) is 94.0 Å². The zero-order valence-electron chi connectivity index (χ0n) is 21.5. The van der Waals surface area contributed by atoms with Gasteiger partial charge in [-0.25, -0.2) is 8.42 Å². The van der Waals surface area contributed by atoms with Crippen LogP contribution in [-0.2, 0) is 26.2 Å². The summed E-state index contributed by atoms with van der Waals surface area (Å²) >= 11 is 12.3. The number of hydrogen-bond acceptors (Lipinski definition) is 4. The topological polar surface area (TPSA) is 86.8 Å². The fourth-order valence-corrected chi connectivity index (χ4v) is 5.50. The van der Waals surface area contributed by atoms with E-state index in [0.29, 0.717) is 27.8 Å². The van der Waals surface area contributed by atoms with Crippen LogP contribution in [0.5, 0.6) is 0 Å². The number of anilines is 1. The van der Waals surface area contributed by atoms with Gasteiger partial charge in [0.25, 0.3) is 10.0 Å². The molecule has 0 aliphatic rings. The Morgan fingerprint density at radius 3 is 2.18 bits per heavy atom. The Bertz CT molecular complexity index is 1360. The number of sulfonamides is 1. The Hall–Kier alpha value is -3.07. The van der Waals surface area contributed by atoms with Crippen LogP contribution in [0.3, 0.4) is 0 Å². The Labute approximate surface area is 234 Å². The molecule has 0 saturated carbocycles. The number of halogens is 2. The van der Waals surface area contributed by atoms with Crippen LogP contribution in [0.1, 0.15) is 31.4 Å². The van der Waals surface area contributed by atoms with E-state index in [-0.39, 0.29) is 17.3 Å². The summed E-state index contributed by atoms with van der Waals surface area (Å²) in [4.78, 5) is 28.1. The van der Waals surface area contributed by atoms with Crippen LogP contribution in [0.2, 0.25) is 10.0 Å². The number of nitrogens with zero attached hydrogens (tertiary/aromatic N) is 2. The minimum atomic E-state index is -4.15. The molecule has 10 heteroatoms. The van der Waals surface area contributed by atoms with E-state index < -0.39 is 28.5 Å². The molecule has 0 heterocycles. The summed E-state index contributed by atoms with van der Waals surface area (Å²) in [7, 11) is -4.15. The van der Waals surface area contributed by atoms with Crippen molar-refractivity contribution in [1.29, 1.82) is 0 Å². The van der Waals surface area contributed by atoms with Gasteiger partial charge in [-0.15, -0.1) is 0 Å². The molecule has 2 amide bonds. The molecular weight excluding hydrogens is 545 g/mol. The first-order chi connectivity index (χ1) is 18.0. The number of amides is 2. The zero-order valence-corrected chi connectivity index (χ0v) is 23.9. The monoisotopic (exact) mass is 575 g/mol. The van der Waals surface area contributed by atoms with Crippen LogP contribution in [0.15, 0.2) is 77.7 Å². The van der Waals surface area contributed by atoms with Gasteiger partial charge in [-0.1, -0.05) is 66.0 Å². The number of nitrogens with one attached hydrogen (secondary N) is 1. The lowest BCUT2D eigenvalue weighted by atomic mass is 10.1. The number of rotatable bonds is 11. The Balaban J connectivity index is 2.02. The van der Waals surface area contributed by atoms with Crippen LogP contribution >= 0.6 is 23.2 Å². The largest absolute Gasteiger partial charge is 0.354 e. The maximum atomic E-state index is 13.8. The molecule has 0 aliphatic heterocycles. The normalized spacial score (nSPS) is 12.0.